The van der Waals surface area contributed by atoms with Crippen molar-refractivity contribution in [1.29, 1.82) is 0 Å². The highest BCUT2D eigenvalue weighted by molar-refractivity contribution is 6.14. The molecule has 1 N–H and O–H groups in total. The molecule has 1 aliphatic rings. The summed E-state index contributed by atoms with van der Waals surface area (Å²) in [4.78, 5) is 20.1. The first-order chi connectivity index (χ1) is 7.59. The Labute approximate surface area is 94.8 Å². The number of amides is 1. The lowest BCUT2D eigenvalue weighted by atomic mass is 10.1. The predicted octanol–water partition coefficient (Wildman–Crippen LogP) is 1.29. The minimum absolute atomic E-state index is 0.0128. The van der Waals surface area contributed by atoms with E-state index >= 15 is 0 Å². The smallest absolute Gasteiger partial charge is 0.250 e. The van der Waals surface area contributed by atoms with Crippen LogP contribution in [-0.4, -0.2) is 22.8 Å². The van der Waals surface area contributed by atoms with E-state index in [1.165, 1.54) is 0 Å². The van der Waals surface area contributed by atoms with Crippen molar-refractivity contribution in [1.82, 2.24) is 10.3 Å². The zero-order valence-electron chi connectivity index (χ0n) is 9.69. The summed E-state index contributed by atoms with van der Waals surface area (Å²) in [6, 6.07) is 1.61. The number of hydrogen-bond donors (Lipinski definition) is 1. The first-order valence-electron chi connectivity index (χ1n) is 5.39. The summed E-state index contributed by atoms with van der Waals surface area (Å²) < 4.78 is 0. The van der Waals surface area contributed by atoms with Crippen LogP contribution >= 0.6 is 0 Å². The molecule has 2 rings (SSSR count). The number of hydrogen-bond acceptors (Lipinski definition) is 3. The van der Waals surface area contributed by atoms with Gasteiger partial charge in [-0.25, -0.2) is 0 Å². The molecule has 16 heavy (non-hydrogen) atoms. The molecule has 84 valence electrons. The molecular formula is C12H15N3O. The monoisotopic (exact) mass is 217 g/mol. The SMILES string of the molecule is Cc1cnccc1C1=NC(C(C)C)C(=O)N1. The number of pyridine rings is 1. The summed E-state index contributed by atoms with van der Waals surface area (Å²) in [6.07, 6.45) is 3.48. The lowest BCUT2D eigenvalue weighted by molar-refractivity contribution is -0.120. The molecule has 0 saturated carbocycles. The second kappa shape index (κ2) is 4.04. The molecule has 0 fully saturated rings. The van der Waals surface area contributed by atoms with E-state index in [1.807, 2.05) is 26.8 Å². The molecule has 1 aromatic rings. The van der Waals surface area contributed by atoms with Gasteiger partial charge in [-0.05, 0) is 24.5 Å². The Morgan fingerprint density at radius 2 is 2.19 bits per heavy atom. The van der Waals surface area contributed by atoms with Gasteiger partial charge in [0.05, 0.1) is 0 Å². The van der Waals surface area contributed by atoms with Gasteiger partial charge < -0.3 is 5.32 Å². The van der Waals surface area contributed by atoms with Crippen LogP contribution in [0.4, 0.5) is 0 Å². The summed E-state index contributed by atoms with van der Waals surface area (Å²) in [5.41, 5.74) is 1.97. The summed E-state index contributed by atoms with van der Waals surface area (Å²) >= 11 is 0. The molecule has 1 unspecified atom stereocenters. The zero-order valence-corrected chi connectivity index (χ0v) is 9.69. The summed E-state index contributed by atoms with van der Waals surface area (Å²) in [6.45, 7) is 5.95. The van der Waals surface area contributed by atoms with Crippen LogP contribution in [-0.2, 0) is 4.79 Å². The normalized spacial score (nSPS) is 19.9. The first kappa shape index (κ1) is 10.8. The van der Waals surface area contributed by atoms with Crippen molar-refractivity contribution in [2.45, 2.75) is 26.8 Å². The molecular weight excluding hydrogens is 202 g/mol. The van der Waals surface area contributed by atoms with Crippen molar-refractivity contribution >= 4 is 11.7 Å². The molecule has 1 aliphatic heterocycles. The Morgan fingerprint density at radius 1 is 1.44 bits per heavy atom. The number of nitrogens with zero attached hydrogens (tertiary/aromatic N) is 2. The molecule has 4 heteroatoms. The van der Waals surface area contributed by atoms with E-state index in [2.05, 4.69) is 15.3 Å². The zero-order chi connectivity index (χ0) is 11.7. The van der Waals surface area contributed by atoms with Crippen LogP contribution in [0, 0.1) is 12.8 Å². The third-order valence-corrected chi connectivity index (χ3v) is 2.69. The lowest BCUT2D eigenvalue weighted by Gasteiger charge is -2.06. The molecule has 1 aromatic heterocycles. The minimum Gasteiger partial charge on any atom is -0.309 e. The first-order valence-corrected chi connectivity index (χ1v) is 5.39. The number of aryl methyl sites for hydroxylation is 1. The maximum Gasteiger partial charge on any atom is 0.250 e. The van der Waals surface area contributed by atoms with Gasteiger partial charge in [-0.1, -0.05) is 13.8 Å². The Kier molecular flexibility index (Phi) is 2.73. The second-order valence-electron chi connectivity index (χ2n) is 4.35. The molecule has 2 heterocycles. The van der Waals surface area contributed by atoms with Crippen molar-refractivity contribution in [2.24, 2.45) is 10.9 Å². The number of rotatable bonds is 2. The number of aliphatic imine (C=N–C) groups is 1. The number of aromatic nitrogens is 1. The fourth-order valence-corrected chi connectivity index (χ4v) is 1.75. The molecule has 1 amide bonds. The Morgan fingerprint density at radius 3 is 2.75 bits per heavy atom. The number of amidine groups is 1. The third-order valence-electron chi connectivity index (χ3n) is 2.69. The fourth-order valence-electron chi connectivity index (χ4n) is 1.75. The van der Waals surface area contributed by atoms with Crippen LogP contribution in [0.1, 0.15) is 25.0 Å². The van der Waals surface area contributed by atoms with Crippen molar-refractivity contribution in [2.75, 3.05) is 0 Å². The van der Waals surface area contributed by atoms with E-state index in [1.54, 1.807) is 12.4 Å². The van der Waals surface area contributed by atoms with Crippen LogP contribution < -0.4 is 5.32 Å². The average Bonchev–Trinajstić information content (AvgIpc) is 2.61. The van der Waals surface area contributed by atoms with Gasteiger partial charge in [0, 0.05) is 18.0 Å². The molecule has 0 saturated heterocycles. The van der Waals surface area contributed by atoms with E-state index in [-0.39, 0.29) is 17.9 Å². The summed E-state index contributed by atoms with van der Waals surface area (Å²) in [5.74, 6) is 0.879. The average molecular weight is 217 g/mol. The number of carbonyl (C=O) groups is 1. The maximum absolute atomic E-state index is 11.7. The van der Waals surface area contributed by atoms with E-state index in [4.69, 9.17) is 0 Å². The van der Waals surface area contributed by atoms with Gasteiger partial charge in [0.1, 0.15) is 11.9 Å². The molecule has 4 nitrogen and oxygen atoms in total. The number of carbonyl (C=O) groups excluding carboxylic acids is 1. The van der Waals surface area contributed by atoms with Gasteiger partial charge in [0.25, 0.3) is 5.91 Å². The van der Waals surface area contributed by atoms with Crippen molar-refractivity contribution < 1.29 is 4.79 Å². The van der Waals surface area contributed by atoms with Crippen LogP contribution in [0.25, 0.3) is 0 Å². The minimum atomic E-state index is -0.262. The number of nitrogens with one attached hydrogen (secondary N) is 1. The topological polar surface area (TPSA) is 54.4 Å². The van der Waals surface area contributed by atoms with Crippen molar-refractivity contribution in [3.63, 3.8) is 0 Å². The van der Waals surface area contributed by atoms with E-state index in [9.17, 15) is 4.79 Å². The Bertz CT molecular complexity index is 451. The van der Waals surface area contributed by atoms with Crippen molar-refractivity contribution in [3.8, 4) is 0 Å². The maximum atomic E-state index is 11.7. The summed E-state index contributed by atoms with van der Waals surface area (Å²) in [5, 5.41) is 2.83. The Balaban J connectivity index is 2.34. The van der Waals surface area contributed by atoms with E-state index in [0.29, 0.717) is 5.84 Å². The standard InChI is InChI=1S/C12H15N3O/c1-7(2)10-12(16)15-11(14-10)9-4-5-13-6-8(9)3/h4-7,10H,1-3H3,(H,14,15,16). The predicted molar refractivity (Wildman–Crippen MR) is 62.3 cm³/mol. The second-order valence-corrected chi connectivity index (χ2v) is 4.35. The summed E-state index contributed by atoms with van der Waals surface area (Å²) in [7, 11) is 0. The van der Waals surface area contributed by atoms with Gasteiger partial charge in [-0.15, -0.1) is 0 Å². The molecule has 0 bridgehead atoms. The highest BCUT2D eigenvalue weighted by Crippen LogP contribution is 2.16. The quantitative estimate of drug-likeness (QED) is 0.811. The van der Waals surface area contributed by atoms with Gasteiger partial charge in [-0.3, -0.25) is 14.8 Å². The van der Waals surface area contributed by atoms with Gasteiger partial charge >= 0.3 is 0 Å². The highest BCUT2D eigenvalue weighted by atomic mass is 16.2. The molecule has 1 atom stereocenters. The van der Waals surface area contributed by atoms with Crippen LogP contribution in [0.5, 0.6) is 0 Å². The third kappa shape index (κ3) is 1.83. The van der Waals surface area contributed by atoms with Crippen molar-refractivity contribution in [3.05, 3.63) is 29.6 Å². The van der Waals surface area contributed by atoms with Gasteiger partial charge in [0.15, 0.2) is 0 Å². The van der Waals surface area contributed by atoms with Crippen LogP contribution in [0.2, 0.25) is 0 Å². The largest absolute Gasteiger partial charge is 0.309 e. The molecule has 0 spiro atoms. The van der Waals surface area contributed by atoms with Gasteiger partial charge in [0.2, 0.25) is 0 Å². The highest BCUT2D eigenvalue weighted by Gasteiger charge is 2.29. The lowest BCUT2D eigenvalue weighted by Crippen LogP contribution is -2.31. The Hall–Kier alpha value is -1.71. The van der Waals surface area contributed by atoms with Gasteiger partial charge in [-0.2, -0.15) is 0 Å². The molecule has 0 aliphatic carbocycles. The van der Waals surface area contributed by atoms with Crippen LogP contribution in [0.3, 0.4) is 0 Å². The molecule has 0 radical (unpaired) electrons. The van der Waals surface area contributed by atoms with Crippen LogP contribution in [0.15, 0.2) is 23.5 Å². The molecule has 0 aromatic carbocycles. The van der Waals surface area contributed by atoms with E-state index < -0.39 is 0 Å². The fraction of sp³-hybridized carbons (Fsp3) is 0.417. The van der Waals surface area contributed by atoms with E-state index in [0.717, 1.165) is 11.1 Å².